The van der Waals surface area contributed by atoms with Crippen LogP contribution in [-0.4, -0.2) is 60.0 Å². The van der Waals surface area contributed by atoms with Crippen molar-refractivity contribution in [2.24, 2.45) is 0 Å². The van der Waals surface area contributed by atoms with Crippen LogP contribution in [0.2, 0.25) is 0 Å². The van der Waals surface area contributed by atoms with Crippen molar-refractivity contribution in [3.63, 3.8) is 0 Å². The molecule has 7 nitrogen and oxygen atoms in total. The van der Waals surface area contributed by atoms with Crippen LogP contribution in [0.3, 0.4) is 0 Å². The number of rotatable bonds is 7. The fourth-order valence-corrected chi connectivity index (χ4v) is 3.89. The molecule has 2 amide bonds. The lowest BCUT2D eigenvalue weighted by Crippen LogP contribution is -2.59. The number of aryl methyl sites for hydroxylation is 1. The summed E-state index contributed by atoms with van der Waals surface area (Å²) in [5, 5.41) is 9.01. The molecule has 3 N–H and O–H groups in total. The number of piperazine rings is 1. The highest BCUT2D eigenvalue weighted by atomic mass is 16.2. The van der Waals surface area contributed by atoms with Crippen LogP contribution in [0.15, 0.2) is 18.3 Å². The Hall–Kier alpha value is -2.15. The molecule has 3 rings (SSSR count). The van der Waals surface area contributed by atoms with E-state index in [1.807, 2.05) is 19.1 Å². The van der Waals surface area contributed by atoms with Crippen LogP contribution in [0, 0.1) is 6.92 Å². The summed E-state index contributed by atoms with van der Waals surface area (Å²) in [5.41, 5.74) is 1.14. The molecule has 1 aromatic heterocycles. The quantitative estimate of drug-likeness (QED) is 0.634. The van der Waals surface area contributed by atoms with Crippen LogP contribution in [-0.2, 0) is 9.59 Å². The minimum absolute atomic E-state index is 0.0135. The molecular formula is C19H29N5O2. The topological polar surface area (TPSA) is 86.4 Å². The molecule has 1 saturated heterocycles. The molecule has 1 atom stereocenters. The van der Waals surface area contributed by atoms with E-state index in [9.17, 15) is 9.59 Å². The molecule has 1 aliphatic carbocycles. The van der Waals surface area contributed by atoms with E-state index in [1.165, 1.54) is 12.8 Å². The first-order valence-corrected chi connectivity index (χ1v) is 9.60. The van der Waals surface area contributed by atoms with Gasteiger partial charge >= 0.3 is 0 Å². The number of pyridine rings is 1. The second-order valence-electron chi connectivity index (χ2n) is 7.18. The lowest BCUT2D eigenvalue weighted by molar-refractivity contribution is -0.135. The highest BCUT2D eigenvalue weighted by molar-refractivity contribution is 5.88. The van der Waals surface area contributed by atoms with Crippen molar-refractivity contribution >= 4 is 17.6 Å². The van der Waals surface area contributed by atoms with Gasteiger partial charge in [0.15, 0.2) is 0 Å². The van der Waals surface area contributed by atoms with Gasteiger partial charge in [0.2, 0.25) is 11.8 Å². The standard InChI is InChI=1S/C19H29N5O2/c1-14-6-7-20-17(12-14)21-8-9-22-18(25)13-16-19(26)23-10-11-24(16)15-4-2-3-5-15/h6-7,12,15-16H,2-5,8-11,13H2,1H3,(H,20,21)(H,22,25)(H,23,26)/t16-/m1/s1. The van der Waals surface area contributed by atoms with Crippen molar-refractivity contribution in [1.82, 2.24) is 20.5 Å². The Morgan fingerprint density at radius 3 is 2.92 bits per heavy atom. The minimum Gasteiger partial charge on any atom is -0.368 e. The summed E-state index contributed by atoms with van der Waals surface area (Å²) in [6.07, 6.45) is 6.71. The van der Waals surface area contributed by atoms with E-state index in [-0.39, 0.29) is 24.3 Å². The van der Waals surface area contributed by atoms with E-state index in [2.05, 4.69) is 25.8 Å². The third-order valence-electron chi connectivity index (χ3n) is 5.21. The zero-order valence-corrected chi connectivity index (χ0v) is 15.5. The van der Waals surface area contributed by atoms with E-state index in [0.29, 0.717) is 25.7 Å². The lowest BCUT2D eigenvalue weighted by atomic mass is 10.0. The normalized spacial score (nSPS) is 21.4. The molecule has 2 aliphatic rings. The lowest BCUT2D eigenvalue weighted by Gasteiger charge is -2.38. The van der Waals surface area contributed by atoms with Crippen LogP contribution in [0.25, 0.3) is 0 Å². The van der Waals surface area contributed by atoms with Gasteiger partial charge in [-0.25, -0.2) is 4.98 Å². The molecule has 0 spiro atoms. The van der Waals surface area contributed by atoms with Crippen molar-refractivity contribution in [3.05, 3.63) is 23.9 Å². The summed E-state index contributed by atoms with van der Waals surface area (Å²) < 4.78 is 0. The average molecular weight is 359 g/mol. The minimum atomic E-state index is -0.335. The Morgan fingerprint density at radius 1 is 1.35 bits per heavy atom. The number of amides is 2. The van der Waals surface area contributed by atoms with Gasteiger partial charge < -0.3 is 16.0 Å². The maximum absolute atomic E-state index is 12.3. The molecule has 142 valence electrons. The van der Waals surface area contributed by atoms with Crippen molar-refractivity contribution in [2.75, 3.05) is 31.5 Å². The highest BCUT2D eigenvalue weighted by Crippen LogP contribution is 2.26. The zero-order chi connectivity index (χ0) is 18.4. The number of carbonyl (C=O) groups excluding carboxylic acids is 2. The first kappa shape index (κ1) is 18.6. The van der Waals surface area contributed by atoms with Gasteiger partial charge in [0, 0.05) is 38.4 Å². The largest absolute Gasteiger partial charge is 0.368 e. The van der Waals surface area contributed by atoms with Crippen molar-refractivity contribution < 1.29 is 9.59 Å². The molecule has 0 bridgehead atoms. The Balaban J connectivity index is 1.44. The van der Waals surface area contributed by atoms with Gasteiger partial charge in [-0.3, -0.25) is 14.5 Å². The molecule has 1 saturated carbocycles. The van der Waals surface area contributed by atoms with Gasteiger partial charge in [-0.2, -0.15) is 0 Å². The Kier molecular flexibility index (Phi) is 6.44. The van der Waals surface area contributed by atoms with E-state index in [1.54, 1.807) is 6.20 Å². The third-order valence-corrected chi connectivity index (χ3v) is 5.21. The highest BCUT2D eigenvalue weighted by Gasteiger charge is 2.36. The van der Waals surface area contributed by atoms with E-state index in [4.69, 9.17) is 0 Å². The number of nitrogens with one attached hydrogen (secondary N) is 3. The number of hydrogen-bond acceptors (Lipinski definition) is 5. The van der Waals surface area contributed by atoms with Crippen molar-refractivity contribution in [2.45, 2.75) is 51.1 Å². The number of nitrogens with zero attached hydrogens (tertiary/aromatic N) is 2. The first-order valence-electron chi connectivity index (χ1n) is 9.60. The summed E-state index contributed by atoms with van der Waals surface area (Å²) in [7, 11) is 0. The molecule has 0 radical (unpaired) electrons. The number of anilines is 1. The van der Waals surface area contributed by atoms with E-state index in [0.717, 1.165) is 30.8 Å². The number of aromatic nitrogens is 1. The van der Waals surface area contributed by atoms with E-state index >= 15 is 0 Å². The predicted molar refractivity (Wildman–Crippen MR) is 101 cm³/mol. The monoisotopic (exact) mass is 359 g/mol. The zero-order valence-electron chi connectivity index (χ0n) is 15.5. The van der Waals surface area contributed by atoms with E-state index < -0.39 is 0 Å². The Morgan fingerprint density at radius 2 is 2.15 bits per heavy atom. The van der Waals surface area contributed by atoms with Crippen LogP contribution in [0.5, 0.6) is 0 Å². The molecule has 2 fully saturated rings. The Labute approximate surface area is 154 Å². The van der Waals surface area contributed by atoms with Crippen LogP contribution in [0.4, 0.5) is 5.82 Å². The maximum Gasteiger partial charge on any atom is 0.237 e. The van der Waals surface area contributed by atoms with Crippen LogP contribution < -0.4 is 16.0 Å². The molecule has 0 unspecified atom stereocenters. The van der Waals surface area contributed by atoms with Gasteiger partial charge in [-0.05, 0) is 37.5 Å². The summed E-state index contributed by atoms with van der Waals surface area (Å²) in [6, 6.07) is 4.03. The third kappa shape index (κ3) is 4.94. The second kappa shape index (κ2) is 8.98. The molecule has 2 heterocycles. The average Bonchev–Trinajstić information content (AvgIpc) is 3.15. The molecular weight excluding hydrogens is 330 g/mol. The fraction of sp³-hybridized carbons (Fsp3) is 0.632. The molecule has 1 aliphatic heterocycles. The van der Waals surface area contributed by atoms with Gasteiger partial charge in [-0.1, -0.05) is 12.8 Å². The SMILES string of the molecule is Cc1ccnc(NCCNC(=O)C[C@@H]2C(=O)NCCN2C2CCCC2)c1. The summed E-state index contributed by atoms with van der Waals surface area (Å²) in [4.78, 5) is 31.1. The van der Waals surface area contributed by atoms with Crippen molar-refractivity contribution in [3.8, 4) is 0 Å². The number of carbonyl (C=O) groups is 2. The van der Waals surface area contributed by atoms with Gasteiger partial charge in [-0.15, -0.1) is 0 Å². The summed E-state index contributed by atoms with van der Waals surface area (Å²) in [5.74, 6) is 0.716. The molecule has 0 aromatic carbocycles. The maximum atomic E-state index is 12.3. The van der Waals surface area contributed by atoms with Gasteiger partial charge in [0.25, 0.3) is 0 Å². The predicted octanol–water partition coefficient (Wildman–Crippen LogP) is 1.05. The molecule has 7 heteroatoms. The summed E-state index contributed by atoms with van der Waals surface area (Å²) in [6.45, 7) is 4.65. The summed E-state index contributed by atoms with van der Waals surface area (Å²) >= 11 is 0. The Bertz CT molecular complexity index is 630. The second-order valence-corrected chi connectivity index (χ2v) is 7.18. The first-order chi connectivity index (χ1) is 12.6. The molecule has 26 heavy (non-hydrogen) atoms. The van der Waals surface area contributed by atoms with Crippen molar-refractivity contribution in [1.29, 1.82) is 0 Å². The fourth-order valence-electron chi connectivity index (χ4n) is 3.89. The number of hydrogen-bond donors (Lipinski definition) is 3. The van der Waals surface area contributed by atoms with Gasteiger partial charge in [0.1, 0.15) is 5.82 Å². The molecule has 1 aromatic rings. The van der Waals surface area contributed by atoms with Crippen LogP contribution >= 0.6 is 0 Å². The van der Waals surface area contributed by atoms with Crippen LogP contribution in [0.1, 0.15) is 37.7 Å². The van der Waals surface area contributed by atoms with Gasteiger partial charge in [0.05, 0.1) is 12.5 Å². The smallest absolute Gasteiger partial charge is 0.237 e.